The average Bonchev–Trinajstić information content (AvgIpc) is 2.94. The SMILES string of the molecule is COCCCOc1cc(C[C@H](C[C@H](NC(=O)OC(C)(C)C)[C@H](O)C[C@@H](C(=O)NCC(C)(C)C(N)=O)C(C)C)C(C)C)ccc1OC. The summed E-state index contributed by atoms with van der Waals surface area (Å²) in [6.07, 6.45) is 0.261. The van der Waals surface area contributed by atoms with Crippen LogP contribution in [-0.2, 0) is 25.5 Å². The van der Waals surface area contributed by atoms with Crippen molar-refractivity contribution in [1.82, 2.24) is 10.6 Å². The first kappa shape index (κ1) is 41.0. The maximum Gasteiger partial charge on any atom is 0.407 e. The highest BCUT2D eigenvalue weighted by Gasteiger charge is 2.34. The number of primary amides is 1. The normalized spacial score (nSPS) is 14.7. The Morgan fingerprint density at radius 3 is 2.11 bits per heavy atom. The van der Waals surface area contributed by atoms with E-state index in [0.717, 1.165) is 12.0 Å². The molecule has 3 amide bonds. The van der Waals surface area contributed by atoms with Crippen LogP contribution in [0.25, 0.3) is 0 Å². The molecule has 0 radical (unpaired) electrons. The number of aliphatic hydroxyl groups is 1. The van der Waals surface area contributed by atoms with Crippen LogP contribution in [0.3, 0.4) is 0 Å². The predicted molar refractivity (Wildman–Crippen MR) is 180 cm³/mol. The average molecular weight is 652 g/mol. The highest BCUT2D eigenvalue weighted by molar-refractivity contribution is 5.83. The van der Waals surface area contributed by atoms with Crippen molar-refractivity contribution in [1.29, 1.82) is 0 Å². The number of alkyl carbamates (subject to hydrolysis) is 1. The molecule has 0 unspecified atom stereocenters. The summed E-state index contributed by atoms with van der Waals surface area (Å²) in [7, 11) is 3.26. The van der Waals surface area contributed by atoms with Gasteiger partial charge in [0.1, 0.15) is 5.60 Å². The number of methoxy groups -OCH3 is 2. The van der Waals surface area contributed by atoms with Gasteiger partial charge in [-0.2, -0.15) is 0 Å². The zero-order chi connectivity index (χ0) is 35.2. The fourth-order valence-electron chi connectivity index (χ4n) is 4.97. The number of nitrogens with two attached hydrogens (primary N) is 1. The van der Waals surface area contributed by atoms with Crippen molar-refractivity contribution in [2.24, 2.45) is 34.8 Å². The van der Waals surface area contributed by atoms with Crippen LogP contribution < -0.4 is 25.8 Å². The molecule has 0 aromatic heterocycles. The Balaban J connectivity index is 3.26. The number of ether oxygens (including phenoxy) is 4. The van der Waals surface area contributed by atoms with Crippen molar-refractivity contribution >= 4 is 17.9 Å². The topological polar surface area (TPSA) is 158 Å². The highest BCUT2D eigenvalue weighted by Crippen LogP contribution is 2.32. The Morgan fingerprint density at radius 1 is 0.935 bits per heavy atom. The molecule has 1 rings (SSSR count). The maximum atomic E-state index is 13.3. The highest BCUT2D eigenvalue weighted by atomic mass is 16.6. The smallest absolute Gasteiger partial charge is 0.407 e. The van der Waals surface area contributed by atoms with Crippen molar-refractivity contribution in [3.05, 3.63) is 23.8 Å². The predicted octanol–water partition coefficient (Wildman–Crippen LogP) is 4.86. The van der Waals surface area contributed by atoms with Gasteiger partial charge in [-0.25, -0.2) is 4.79 Å². The first-order valence-electron chi connectivity index (χ1n) is 16.3. The lowest BCUT2D eigenvalue weighted by molar-refractivity contribution is -0.130. The maximum absolute atomic E-state index is 13.3. The molecule has 0 aliphatic rings. The van der Waals surface area contributed by atoms with Gasteiger partial charge in [0.25, 0.3) is 0 Å². The molecule has 5 N–H and O–H groups in total. The Labute approximate surface area is 276 Å². The van der Waals surface area contributed by atoms with E-state index in [-0.39, 0.29) is 36.6 Å². The summed E-state index contributed by atoms with van der Waals surface area (Å²) in [4.78, 5) is 38.0. The molecular formula is C35H61N3O8. The lowest BCUT2D eigenvalue weighted by Crippen LogP contribution is -2.49. The molecule has 0 fully saturated rings. The van der Waals surface area contributed by atoms with Crippen LogP contribution in [0.1, 0.15) is 87.1 Å². The number of aliphatic hydroxyl groups excluding tert-OH is 1. The minimum absolute atomic E-state index is 0.0482. The second-order valence-corrected chi connectivity index (χ2v) is 14.5. The van der Waals surface area contributed by atoms with Gasteiger partial charge in [-0.15, -0.1) is 0 Å². The third-order valence-corrected chi connectivity index (χ3v) is 8.15. The summed E-state index contributed by atoms with van der Waals surface area (Å²) in [5, 5.41) is 17.4. The third kappa shape index (κ3) is 14.6. The van der Waals surface area contributed by atoms with E-state index in [0.29, 0.717) is 37.6 Å². The summed E-state index contributed by atoms with van der Waals surface area (Å²) in [6.45, 7) is 17.9. The molecule has 1 aromatic carbocycles. The van der Waals surface area contributed by atoms with Crippen molar-refractivity contribution in [2.45, 2.75) is 106 Å². The zero-order valence-electron chi connectivity index (χ0n) is 30.0. The van der Waals surface area contributed by atoms with Crippen LogP contribution in [0.15, 0.2) is 18.2 Å². The number of amides is 3. The number of nitrogens with one attached hydrogen (secondary N) is 2. The van der Waals surface area contributed by atoms with Crippen molar-refractivity contribution in [2.75, 3.05) is 34.0 Å². The zero-order valence-corrected chi connectivity index (χ0v) is 30.0. The van der Waals surface area contributed by atoms with E-state index >= 15 is 0 Å². The van der Waals surface area contributed by atoms with Crippen LogP contribution in [0, 0.1) is 29.1 Å². The molecule has 0 aliphatic carbocycles. The summed E-state index contributed by atoms with van der Waals surface area (Å²) >= 11 is 0. The van der Waals surface area contributed by atoms with Crippen LogP contribution >= 0.6 is 0 Å². The van der Waals surface area contributed by atoms with Crippen LogP contribution in [0.4, 0.5) is 4.79 Å². The number of carbonyl (C=O) groups excluding carboxylic acids is 3. The second kappa shape index (κ2) is 18.9. The summed E-state index contributed by atoms with van der Waals surface area (Å²) in [5.74, 6) is 0.0461. The van der Waals surface area contributed by atoms with Crippen molar-refractivity contribution in [3.63, 3.8) is 0 Å². The van der Waals surface area contributed by atoms with Gasteiger partial charge in [0.05, 0.1) is 31.3 Å². The van der Waals surface area contributed by atoms with Crippen molar-refractivity contribution in [3.8, 4) is 11.5 Å². The molecule has 4 atom stereocenters. The molecule has 0 saturated carbocycles. The van der Waals surface area contributed by atoms with Gasteiger partial charge < -0.3 is 40.4 Å². The number of benzene rings is 1. The first-order valence-corrected chi connectivity index (χ1v) is 16.3. The van der Waals surface area contributed by atoms with Gasteiger partial charge >= 0.3 is 6.09 Å². The Hall–Kier alpha value is -3.05. The quantitative estimate of drug-likeness (QED) is 0.146. The van der Waals surface area contributed by atoms with E-state index in [1.165, 1.54) is 0 Å². The molecule has 0 spiro atoms. The lowest BCUT2D eigenvalue weighted by atomic mass is 9.80. The van der Waals surface area contributed by atoms with Crippen LogP contribution in [0.2, 0.25) is 0 Å². The fourth-order valence-corrected chi connectivity index (χ4v) is 4.97. The van der Waals surface area contributed by atoms with Crippen LogP contribution in [-0.4, -0.2) is 74.7 Å². The van der Waals surface area contributed by atoms with E-state index in [9.17, 15) is 19.5 Å². The summed E-state index contributed by atoms with van der Waals surface area (Å²) in [6, 6.07) is 5.16. The molecule has 0 heterocycles. The first-order chi connectivity index (χ1) is 21.3. The van der Waals surface area contributed by atoms with E-state index in [2.05, 4.69) is 24.5 Å². The molecular weight excluding hydrogens is 590 g/mol. The Bertz CT molecular complexity index is 1100. The second-order valence-electron chi connectivity index (χ2n) is 14.5. The molecule has 1 aromatic rings. The molecule has 264 valence electrons. The van der Waals surface area contributed by atoms with E-state index in [4.69, 9.17) is 24.7 Å². The fraction of sp³-hybridized carbons (Fsp3) is 0.743. The van der Waals surface area contributed by atoms with E-state index in [1.54, 1.807) is 48.8 Å². The Morgan fingerprint density at radius 2 is 1.59 bits per heavy atom. The number of rotatable bonds is 20. The largest absolute Gasteiger partial charge is 0.493 e. The van der Waals surface area contributed by atoms with E-state index in [1.807, 2.05) is 32.0 Å². The van der Waals surface area contributed by atoms with Gasteiger partial charge in [-0.1, -0.05) is 33.8 Å². The van der Waals surface area contributed by atoms with Gasteiger partial charge in [-0.05, 0) is 89.3 Å². The minimum Gasteiger partial charge on any atom is -0.493 e. The summed E-state index contributed by atoms with van der Waals surface area (Å²) in [5.41, 5.74) is 4.87. The van der Waals surface area contributed by atoms with Gasteiger partial charge in [0.15, 0.2) is 11.5 Å². The number of carbonyl (C=O) groups is 3. The number of hydrogen-bond donors (Lipinski definition) is 4. The lowest BCUT2D eigenvalue weighted by Gasteiger charge is -2.33. The molecule has 0 aliphatic heterocycles. The molecule has 0 bridgehead atoms. The van der Waals surface area contributed by atoms with Gasteiger partial charge in [0, 0.05) is 32.6 Å². The van der Waals surface area contributed by atoms with Gasteiger partial charge in [0.2, 0.25) is 11.8 Å². The molecule has 0 saturated heterocycles. The molecule has 46 heavy (non-hydrogen) atoms. The number of hydrogen-bond acceptors (Lipinski definition) is 8. The molecule has 11 nitrogen and oxygen atoms in total. The van der Waals surface area contributed by atoms with Crippen LogP contribution in [0.5, 0.6) is 11.5 Å². The van der Waals surface area contributed by atoms with E-state index < -0.39 is 41.1 Å². The third-order valence-electron chi connectivity index (χ3n) is 8.15. The monoisotopic (exact) mass is 651 g/mol. The standard InChI is InChI=1S/C35H61N3O8/c1-22(2)25(17-24-13-14-29(44-11)30(18-24)45-16-12-15-43-10)19-27(38-33(42)46-34(5,6)7)28(39)20-26(23(3)4)31(40)37-21-35(8,9)32(36)41/h13-14,18,22-23,25-28,39H,12,15-17,19-21H2,1-11H3,(H2,36,41)(H,37,40)(H,38,42)/t25-,26-,27+,28-/m1/s1. The summed E-state index contributed by atoms with van der Waals surface area (Å²) < 4.78 is 22.2. The minimum atomic E-state index is -1.05. The Kier molecular flexibility index (Phi) is 16.9. The molecule has 11 heteroatoms. The van der Waals surface area contributed by atoms with Gasteiger partial charge in [-0.3, -0.25) is 9.59 Å². The van der Waals surface area contributed by atoms with Crippen molar-refractivity contribution < 1.29 is 38.4 Å².